The van der Waals surface area contributed by atoms with Gasteiger partial charge >= 0.3 is 5.97 Å². The maximum Gasteiger partial charge on any atom is 0.340 e. The summed E-state index contributed by atoms with van der Waals surface area (Å²) in [6.07, 6.45) is 5.38. The molecule has 3 aromatic rings. The first kappa shape index (κ1) is 30.7. The van der Waals surface area contributed by atoms with Crippen LogP contribution in [0.4, 0.5) is 4.39 Å². The molecule has 0 fully saturated rings. The number of ether oxygens (including phenoxy) is 1. The number of nitrogens with two attached hydrogens (primary N) is 2. The number of cyclic esters (lactones) is 1. The Bertz CT molecular complexity index is 1660. The second-order valence-electron chi connectivity index (χ2n) is 9.92. The summed E-state index contributed by atoms with van der Waals surface area (Å²) in [6.45, 7) is 6.58. The highest BCUT2D eigenvalue weighted by Crippen LogP contribution is 2.38. The van der Waals surface area contributed by atoms with Gasteiger partial charge in [-0.2, -0.15) is 0 Å². The average Bonchev–Trinajstić information content (AvgIpc) is 3.32. The lowest BCUT2D eigenvalue weighted by molar-refractivity contribution is -0.157. The topological polar surface area (TPSA) is 160 Å². The summed E-state index contributed by atoms with van der Waals surface area (Å²) in [5.41, 5.74) is 9.66. The molecule has 0 bridgehead atoms. The van der Waals surface area contributed by atoms with E-state index in [0.29, 0.717) is 52.2 Å². The van der Waals surface area contributed by atoms with Crippen molar-refractivity contribution in [1.82, 2.24) is 19.5 Å². The maximum absolute atomic E-state index is 14.6. The molecule has 2 aliphatic heterocycles. The Kier molecular flexibility index (Phi) is 9.28. The Balaban J connectivity index is 0.00000198. The quantitative estimate of drug-likeness (QED) is 0.104. The number of terminal acetylenes is 1. The fourth-order valence-corrected chi connectivity index (χ4v) is 5.24. The number of hydrogen-bond acceptors (Lipinski definition) is 10. The molecule has 1 atom stereocenters. The number of aromatic nitrogens is 2. The van der Waals surface area contributed by atoms with Gasteiger partial charge in [-0.1, -0.05) is 19.8 Å². The minimum atomic E-state index is -1.58. The van der Waals surface area contributed by atoms with E-state index in [0.717, 1.165) is 5.56 Å². The zero-order chi connectivity index (χ0) is 30.7. The fourth-order valence-electron chi connectivity index (χ4n) is 5.24. The van der Waals surface area contributed by atoms with E-state index in [-0.39, 0.29) is 44.0 Å². The number of benzene rings is 1. The Labute approximate surface area is 242 Å². The number of halogens is 1. The number of hydrogen-bond donors (Lipinski definition) is 4. The predicted octanol–water partition coefficient (Wildman–Crippen LogP) is 1.39. The summed E-state index contributed by atoms with van der Waals surface area (Å²) in [5, 5.41) is 21.7. The number of carbonyl (C=O) groups is 1. The van der Waals surface area contributed by atoms with E-state index in [4.69, 9.17) is 27.7 Å². The van der Waals surface area contributed by atoms with Gasteiger partial charge in [0, 0.05) is 47.6 Å². The molecule has 0 aliphatic carbocycles. The van der Waals surface area contributed by atoms with Crippen LogP contribution in [0.3, 0.4) is 0 Å². The van der Waals surface area contributed by atoms with Crippen molar-refractivity contribution in [2.24, 2.45) is 11.6 Å². The van der Waals surface area contributed by atoms with Crippen molar-refractivity contribution >= 4 is 16.9 Å². The Morgan fingerprint density at radius 2 is 2.05 bits per heavy atom. The normalized spacial score (nSPS) is 15.4. The third kappa shape index (κ3) is 5.73. The van der Waals surface area contributed by atoms with Gasteiger partial charge in [0.05, 0.1) is 48.7 Å². The van der Waals surface area contributed by atoms with Crippen LogP contribution in [0.25, 0.3) is 22.3 Å². The molecule has 42 heavy (non-hydrogen) atoms. The monoisotopic (exact) mass is 578 g/mol. The van der Waals surface area contributed by atoms with E-state index >= 15 is 0 Å². The van der Waals surface area contributed by atoms with Crippen LogP contribution in [0.1, 0.15) is 47.8 Å². The van der Waals surface area contributed by atoms with Gasteiger partial charge in [-0.3, -0.25) is 9.69 Å². The Hall–Kier alpha value is -4.28. The van der Waals surface area contributed by atoms with Crippen LogP contribution in [0.2, 0.25) is 0 Å². The molecule has 2 aliphatic rings. The summed E-state index contributed by atoms with van der Waals surface area (Å²) in [5.74, 6) is 7.63. The Morgan fingerprint density at radius 1 is 1.31 bits per heavy atom. The second-order valence-corrected chi connectivity index (χ2v) is 9.92. The number of hydrazine groups is 1. The minimum absolute atomic E-state index is 0.0764. The molecule has 6 N–H and O–H groups in total. The molecule has 2 aromatic heterocycles. The van der Waals surface area contributed by atoms with Crippen molar-refractivity contribution in [1.29, 1.82) is 0 Å². The molecule has 1 unspecified atom stereocenters. The summed E-state index contributed by atoms with van der Waals surface area (Å²) in [6, 6.07) is 4.59. The number of esters is 1. The number of aliphatic hydroxyl groups excluding tert-OH is 2. The molecule has 0 amide bonds. The predicted molar refractivity (Wildman–Crippen MR) is 156 cm³/mol. The number of rotatable bonds is 8. The van der Waals surface area contributed by atoms with Crippen molar-refractivity contribution in [2.45, 2.75) is 46.6 Å². The second kappa shape index (κ2) is 12.7. The van der Waals surface area contributed by atoms with E-state index in [1.807, 2.05) is 13.8 Å². The summed E-state index contributed by atoms with van der Waals surface area (Å²) in [4.78, 5) is 31.8. The van der Waals surface area contributed by atoms with E-state index in [1.54, 1.807) is 30.2 Å². The van der Waals surface area contributed by atoms with Crippen LogP contribution in [0.5, 0.6) is 0 Å². The van der Waals surface area contributed by atoms with Gasteiger partial charge in [-0.05, 0) is 30.2 Å². The van der Waals surface area contributed by atoms with Crippen molar-refractivity contribution in [3.8, 4) is 23.7 Å². The SMILES string of the molecule is C#CCN(CCO)C/C(N)=C/N(N)Cc1c2c(nc3cc(F)c(C)cc13)-c1cc3c(c(=O)n1C2)COC(=O)C3O.CC. The van der Waals surface area contributed by atoms with Crippen molar-refractivity contribution in [3.63, 3.8) is 0 Å². The molecule has 5 rings (SSSR count). The summed E-state index contributed by atoms with van der Waals surface area (Å²) in [7, 11) is 0. The molecule has 1 aromatic carbocycles. The van der Waals surface area contributed by atoms with Gasteiger partial charge in [-0.25, -0.2) is 20.0 Å². The third-order valence-electron chi connectivity index (χ3n) is 7.16. The van der Waals surface area contributed by atoms with Crippen LogP contribution in [0, 0.1) is 25.1 Å². The lowest BCUT2D eigenvalue weighted by Gasteiger charge is -2.22. The van der Waals surface area contributed by atoms with Crippen molar-refractivity contribution in [3.05, 3.63) is 74.1 Å². The molecule has 222 valence electrons. The Morgan fingerprint density at radius 3 is 2.74 bits per heavy atom. The molecule has 11 nitrogen and oxygen atoms in total. The summed E-state index contributed by atoms with van der Waals surface area (Å²) >= 11 is 0. The minimum Gasteiger partial charge on any atom is -0.458 e. The highest BCUT2D eigenvalue weighted by molar-refractivity contribution is 5.89. The molecule has 4 heterocycles. The van der Waals surface area contributed by atoms with Crippen LogP contribution in [-0.4, -0.2) is 61.9 Å². The van der Waals surface area contributed by atoms with Crippen LogP contribution in [-0.2, 0) is 29.2 Å². The van der Waals surface area contributed by atoms with E-state index in [2.05, 4.69) is 5.92 Å². The average molecular weight is 579 g/mol. The number of nitrogens with zero attached hydrogens (tertiary/aromatic N) is 4. The first-order valence-corrected chi connectivity index (χ1v) is 13.6. The molecular weight excluding hydrogens is 543 g/mol. The third-order valence-corrected chi connectivity index (χ3v) is 7.16. The van der Waals surface area contributed by atoms with Crippen LogP contribution in [0.15, 0.2) is 34.9 Å². The van der Waals surface area contributed by atoms with Gasteiger partial charge in [0.2, 0.25) is 0 Å². The van der Waals surface area contributed by atoms with E-state index in [9.17, 15) is 24.2 Å². The lowest BCUT2D eigenvalue weighted by Crippen LogP contribution is -2.33. The van der Waals surface area contributed by atoms with Crippen LogP contribution < -0.4 is 17.1 Å². The number of carbonyl (C=O) groups excluding carboxylic acids is 1. The molecular formula is C30H35FN6O5. The molecule has 0 saturated heterocycles. The first-order chi connectivity index (χ1) is 20.1. The van der Waals surface area contributed by atoms with Gasteiger partial charge in [0.1, 0.15) is 12.4 Å². The van der Waals surface area contributed by atoms with Crippen molar-refractivity contribution in [2.75, 3.05) is 26.2 Å². The van der Waals surface area contributed by atoms with Crippen molar-refractivity contribution < 1.29 is 24.1 Å². The maximum atomic E-state index is 14.6. The van der Waals surface area contributed by atoms with Gasteiger partial charge < -0.3 is 30.3 Å². The fraction of sp³-hybridized carbons (Fsp3) is 0.367. The number of aryl methyl sites for hydroxylation is 1. The molecule has 0 saturated carbocycles. The van der Waals surface area contributed by atoms with Crippen LogP contribution >= 0.6 is 0 Å². The van der Waals surface area contributed by atoms with E-state index in [1.165, 1.54) is 15.6 Å². The molecule has 0 spiro atoms. The van der Waals surface area contributed by atoms with Gasteiger partial charge in [0.25, 0.3) is 5.56 Å². The standard InChI is InChI=1S/C28H29FN6O5.C2H6/c1-3-4-33(5-6-36)10-16(30)11-34(31)12-19-17-7-15(2)22(29)9-23(17)32-25-20(19)13-35-24(25)8-18-21(27(35)38)14-40-28(39)26(18)37;1-2/h1,7-9,11,26,36-37H,4-6,10,12-14,30-31H2,2H3;1-2H3/b16-11-;. The van der Waals surface area contributed by atoms with E-state index < -0.39 is 23.4 Å². The molecule has 12 heteroatoms. The lowest BCUT2D eigenvalue weighted by atomic mass is 9.97. The smallest absolute Gasteiger partial charge is 0.340 e. The zero-order valence-corrected chi connectivity index (χ0v) is 23.9. The van der Waals surface area contributed by atoms with Gasteiger partial charge in [0.15, 0.2) is 6.10 Å². The summed E-state index contributed by atoms with van der Waals surface area (Å²) < 4.78 is 21.1. The highest BCUT2D eigenvalue weighted by atomic mass is 19.1. The first-order valence-electron chi connectivity index (χ1n) is 13.6. The highest BCUT2D eigenvalue weighted by Gasteiger charge is 2.35. The number of aliphatic hydroxyl groups is 2. The molecule has 0 radical (unpaired) electrons. The van der Waals surface area contributed by atoms with Gasteiger partial charge in [-0.15, -0.1) is 6.42 Å². The largest absolute Gasteiger partial charge is 0.458 e. The zero-order valence-electron chi connectivity index (χ0n) is 23.9. The number of fused-ring (bicyclic) bond motifs is 5. The number of pyridine rings is 2.